The quantitative estimate of drug-likeness (QED) is 0.603. The molecule has 2 aromatic rings. The number of carbonyl (C=O) groups excluding carboxylic acids is 1. The molecule has 0 aliphatic heterocycles. The number of amides is 1. The minimum atomic E-state index is -0.513. The highest BCUT2D eigenvalue weighted by Crippen LogP contribution is 2.22. The zero-order valence-corrected chi connectivity index (χ0v) is 13.0. The summed E-state index contributed by atoms with van der Waals surface area (Å²) in [4.78, 5) is 11.6. The molecule has 2 N–H and O–H groups in total. The number of nitrogens with zero attached hydrogens (tertiary/aromatic N) is 1. The van der Waals surface area contributed by atoms with Crippen molar-refractivity contribution in [1.29, 1.82) is 0 Å². The number of nitrogens with one attached hydrogen (secondary N) is 1. The Labute approximate surface area is 138 Å². The summed E-state index contributed by atoms with van der Waals surface area (Å²) >= 11 is 0. The standard InChI is InChI=1S/C17H17FN2O4/c1-2-23-15-7-6-12(16(21)9-15)10-19-20-17(22)11-24-14-5-3-4-13(18)8-14/h3-10,21H,2,11H2,1H3,(H,20,22). The van der Waals surface area contributed by atoms with Crippen molar-refractivity contribution in [2.24, 2.45) is 5.10 Å². The molecule has 6 nitrogen and oxygen atoms in total. The summed E-state index contributed by atoms with van der Waals surface area (Å²) in [5.41, 5.74) is 2.67. The van der Waals surface area contributed by atoms with Gasteiger partial charge in [-0.05, 0) is 31.2 Å². The van der Waals surface area contributed by atoms with Crippen LogP contribution in [0.5, 0.6) is 17.2 Å². The zero-order valence-electron chi connectivity index (χ0n) is 13.0. The Bertz CT molecular complexity index is 734. The minimum absolute atomic E-state index is 0.0186. The van der Waals surface area contributed by atoms with E-state index in [1.54, 1.807) is 12.1 Å². The van der Waals surface area contributed by atoms with E-state index in [0.29, 0.717) is 17.9 Å². The van der Waals surface area contributed by atoms with Crippen molar-refractivity contribution >= 4 is 12.1 Å². The molecule has 1 amide bonds. The van der Waals surface area contributed by atoms with Gasteiger partial charge in [0.05, 0.1) is 12.8 Å². The van der Waals surface area contributed by atoms with Crippen LogP contribution in [0.3, 0.4) is 0 Å². The number of phenols is 1. The van der Waals surface area contributed by atoms with Crippen molar-refractivity contribution in [2.75, 3.05) is 13.2 Å². The normalized spacial score (nSPS) is 10.6. The van der Waals surface area contributed by atoms with E-state index in [1.165, 1.54) is 36.5 Å². The fourth-order valence-corrected chi connectivity index (χ4v) is 1.80. The van der Waals surface area contributed by atoms with Crippen LogP contribution in [0.25, 0.3) is 0 Å². The molecular weight excluding hydrogens is 315 g/mol. The average molecular weight is 332 g/mol. The molecule has 0 unspecified atom stereocenters. The highest BCUT2D eigenvalue weighted by molar-refractivity contribution is 5.85. The highest BCUT2D eigenvalue weighted by atomic mass is 19.1. The second-order valence-electron chi connectivity index (χ2n) is 4.69. The first-order chi connectivity index (χ1) is 11.6. The molecule has 0 saturated carbocycles. The summed E-state index contributed by atoms with van der Waals surface area (Å²) < 4.78 is 23.3. The van der Waals surface area contributed by atoms with E-state index in [1.807, 2.05) is 6.92 Å². The highest BCUT2D eigenvalue weighted by Gasteiger charge is 2.04. The first-order valence-electron chi connectivity index (χ1n) is 7.24. The van der Waals surface area contributed by atoms with Gasteiger partial charge in [-0.1, -0.05) is 6.07 Å². The van der Waals surface area contributed by atoms with Crippen LogP contribution >= 0.6 is 0 Å². The summed E-state index contributed by atoms with van der Waals surface area (Å²) in [7, 11) is 0. The van der Waals surface area contributed by atoms with Crippen LogP contribution in [0, 0.1) is 5.82 Å². The maximum Gasteiger partial charge on any atom is 0.277 e. The molecule has 0 atom stereocenters. The molecule has 7 heteroatoms. The summed E-state index contributed by atoms with van der Waals surface area (Å²) in [5, 5.41) is 13.5. The molecular formula is C17H17FN2O4. The Kier molecular flexibility index (Phi) is 6.13. The number of ether oxygens (including phenoxy) is 2. The lowest BCUT2D eigenvalue weighted by atomic mass is 10.2. The average Bonchev–Trinajstić information content (AvgIpc) is 2.55. The van der Waals surface area contributed by atoms with Gasteiger partial charge in [-0.3, -0.25) is 4.79 Å². The molecule has 0 heterocycles. The molecule has 2 rings (SSSR count). The Morgan fingerprint density at radius 3 is 2.75 bits per heavy atom. The third kappa shape index (κ3) is 5.28. The predicted octanol–water partition coefficient (Wildman–Crippen LogP) is 2.46. The van der Waals surface area contributed by atoms with Gasteiger partial charge in [-0.15, -0.1) is 0 Å². The minimum Gasteiger partial charge on any atom is -0.507 e. The first kappa shape index (κ1) is 17.3. The molecule has 2 aromatic carbocycles. The molecule has 0 aliphatic carbocycles. The molecule has 0 bridgehead atoms. The second kappa shape index (κ2) is 8.52. The molecule has 0 aromatic heterocycles. The molecule has 0 aliphatic rings. The Balaban J connectivity index is 1.83. The monoisotopic (exact) mass is 332 g/mol. The summed E-state index contributed by atoms with van der Waals surface area (Å²) in [6.45, 7) is 2.03. The number of halogens is 1. The summed E-state index contributed by atoms with van der Waals surface area (Å²) in [5.74, 6) is -0.189. The SMILES string of the molecule is CCOc1ccc(C=NNC(=O)COc2cccc(F)c2)c(O)c1. The van der Waals surface area contributed by atoms with E-state index in [0.717, 1.165) is 0 Å². The van der Waals surface area contributed by atoms with Crippen LogP contribution in [-0.4, -0.2) is 30.4 Å². The van der Waals surface area contributed by atoms with Crippen molar-refractivity contribution in [3.05, 3.63) is 53.8 Å². The van der Waals surface area contributed by atoms with Crippen LogP contribution in [-0.2, 0) is 4.79 Å². The van der Waals surface area contributed by atoms with Gasteiger partial charge in [0.25, 0.3) is 5.91 Å². The molecule has 0 saturated heterocycles. The Hall–Kier alpha value is -3.09. The fraction of sp³-hybridized carbons (Fsp3) is 0.176. The van der Waals surface area contributed by atoms with Crippen molar-refractivity contribution < 1.29 is 23.8 Å². The summed E-state index contributed by atoms with van der Waals surface area (Å²) in [6.07, 6.45) is 1.30. The van der Waals surface area contributed by atoms with E-state index in [-0.39, 0.29) is 18.1 Å². The van der Waals surface area contributed by atoms with Crippen molar-refractivity contribution in [2.45, 2.75) is 6.92 Å². The van der Waals surface area contributed by atoms with Crippen LogP contribution in [0.15, 0.2) is 47.6 Å². The molecule has 0 fully saturated rings. The number of aromatic hydroxyl groups is 1. The summed E-state index contributed by atoms with van der Waals surface area (Å²) in [6, 6.07) is 10.2. The number of hydrazone groups is 1. The predicted molar refractivity (Wildman–Crippen MR) is 86.9 cm³/mol. The maximum atomic E-state index is 13.0. The van der Waals surface area contributed by atoms with Gasteiger partial charge >= 0.3 is 0 Å². The number of carbonyl (C=O) groups is 1. The lowest BCUT2D eigenvalue weighted by Crippen LogP contribution is -2.24. The Morgan fingerprint density at radius 2 is 2.04 bits per heavy atom. The maximum absolute atomic E-state index is 13.0. The largest absolute Gasteiger partial charge is 0.507 e. The van der Waals surface area contributed by atoms with Gasteiger partial charge in [0.2, 0.25) is 0 Å². The molecule has 0 spiro atoms. The topological polar surface area (TPSA) is 80.2 Å². The number of benzene rings is 2. The van der Waals surface area contributed by atoms with Gasteiger partial charge in [0, 0.05) is 17.7 Å². The van der Waals surface area contributed by atoms with Crippen LogP contribution < -0.4 is 14.9 Å². The lowest BCUT2D eigenvalue weighted by molar-refractivity contribution is -0.123. The number of phenolic OH excluding ortho intramolecular Hbond substituents is 1. The lowest BCUT2D eigenvalue weighted by Gasteiger charge is -2.06. The van der Waals surface area contributed by atoms with Gasteiger partial charge in [0.1, 0.15) is 23.1 Å². The van der Waals surface area contributed by atoms with Crippen LogP contribution in [0.2, 0.25) is 0 Å². The third-order valence-electron chi connectivity index (χ3n) is 2.87. The molecule has 126 valence electrons. The van der Waals surface area contributed by atoms with Gasteiger partial charge < -0.3 is 14.6 Å². The molecule has 0 radical (unpaired) electrons. The smallest absolute Gasteiger partial charge is 0.277 e. The van der Waals surface area contributed by atoms with E-state index in [4.69, 9.17) is 9.47 Å². The van der Waals surface area contributed by atoms with Gasteiger partial charge in [-0.25, -0.2) is 9.82 Å². The van der Waals surface area contributed by atoms with Gasteiger partial charge in [-0.2, -0.15) is 5.10 Å². The number of rotatable bonds is 7. The number of hydrogen-bond donors (Lipinski definition) is 2. The van der Waals surface area contributed by atoms with Crippen LogP contribution in [0.1, 0.15) is 12.5 Å². The van der Waals surface area contributed by atoms with E-state index in [2.05, 4.69) is 10.5 Å². The van der Waals surface area contributed by atoms with Crippen molar-refractivity contribution in [3.8, 4) is 17.2 Å². The van der Waals surface area contributed by atoms with Gasteiger partial charge in [0.15, 0.2) is 6.61 Å². The Morgan fingerprint density at radius 1 is 1.25 bits per heavy atom. The third-order valence-corrected chi connectivity index (χ3v) is 2.87. The second-order valence-corrected chi connectivity index (χ2v) is 4.69. The van der Waals surface area contributed by atoms with Crippen molar-refractivity contribution in [1.82, 2.24) is 5.43 Å². The van der Waals surface area contributed by atoms with Crippen LogP contribution in [0.4, 0.5) is 4.39 Å². The zero-order chi connectivity index (χ0) is 17.4. The van der Waals surface area contributed by atoms with Crippen molar-refractivity contribution in [3.63, 3.8) is 0 Å². The van der Waals surface area contributed by atoms with E-state index >= 15 is 0 Å². The fourth-order valence-electron chi connectivity index (χ4n) is 1.80. The number of hydrogen-bond acceptors (Lipinski definition) is 5. The molecule has 24 heavy (non-hydrogen) atoms. The van der Waals surface area contributed by atoms with E-state index < -0.39 is 11.7 Å². The van der Waals surface area contributed by atoms with E-state index in [9.17, 15) is 14.3 Å². The first-order valence-corrected chi connectivity index (χ1v) is 7.24.